The third kappa shape index (κ3) is 3.26. The van der Waals surface area contributed by atoms with Gasteiger partial charge in [-0.2, -0.15) is 0 Å². The summed E-state index contributed by atoms with van der Waals surface area (Å²) in [6.07, 6.45) is -3.53. The van der Waals surface area contributed by atoms with Crippen molar-refractivity contribution < 1.29 is 23.8 Å². The minimum absolute atomic E-state index is 0.120. The number of hydrogen-bond acceptors (Lipinski definition) is 2. The number of benzene rings is 1. The van der Waals surface area contributed by atoms with Crippen molar-refractivity contribution in [1.82, 2.24) is 0 Å². The summed E-state index contributed by atoms with van der Waals surface area (Å²) in [4.78, 5) is 10.8. The molecule has 2 N–H and O–H groups in total. The van der Waals surface area contributed by atoms with Gasteiger partial charge >= 0.3 is 5.97 Å². The number of rotatable bonds is 5. The van der Waals surface area contributed by atoms with E-state index in [1.54, 1.807) is 6.92 Å². The summed E-state index contributed by atoms with van der Waals surface area (Å²) in [5, 5.41) is 18.8. The number of carboxylic acids is 1. The van der Waals surface area contributed by atoms with Gasteiger partial charge in [0.2, 0.25) is 0 Å². The Kier molecular flexibility index (Phi) is 4.78. The highest BCUT2D eigenvalue weighted by atomic mass is 19.3. The zero-order chi connectivity index (χ0) is 13.9. The van der Waals surface area contributed by atoms with Crippen molar-refractivity contribution >= 4 is 5.97 Å². The van der Waals surface area contributed by atoms with Crippen LogP contribution in [0.15, 0.2) is 24.3 Å². The first-order chi connectivity index (χ1) is 8.34. The third-order valence-corrected chi connectivity index (χ3v) is 3.21. The van der Waals surface area contributed by atoms with Gasteiger partial charge in [0.1, 0.15) is 0 Å². The average Bonchev–Trinajstić information content (AvgIpc) is 2.36. The van der Waals surface area contributed by atoms with Crippen LogP contribution in [-0.2, 0) is 4.79 Å². The number of hydrogen-bond donors (Lipinski definition) is 2. The second-order valence-electron chi connectivity index (χ2n) is 4.40. The highest BCUT2D eigenvalue weighted by Gasteiger charge is 2.27. The summed E-state index contributed by atoms with van der Waals surface area (Å²) in [5.74, 6) is -2.21. The topological polar surface area (TPSA) is 57.5 Å². The van der Waals surface area contributed by atoms with E-state index in [2.05, 4.69) is 0 Å². The van der Waals surface area contributed by atoms with Crippen LogP contribution in [0.3, 0.4) is 0 Å². The molecule has 18 heavy (non-hydrogen) atoms. The summed E-state index contributed by atoms with van der Waals surface area (Å²) in [7, 11) is 0. The van der Waals surface area contributed by atoms with Crippen LogP contribution in [0.4, 0.5) is 8.78 Å². The van der Waals surface area contributed by atoms with Crippen molar-refractivity contribution in [2.75, 3.05) is 0 Å². The standard InChI is InChI=1S/C13H16F2O3/c1-7(8(2)13(17)18)11(16)9-3-5-10(6-4-9)12(14)15/h3-8,11-12,16H,1-2H3,(H,17,18). The molecular formula is C13H16F2O3. The molecule has 3 unspecified atom stereocenters. The van der Waals surface area contributed by atoms with Crippen LogP contribution < -0.4 is 0 Å². The molecule has 0 saturated heterocycles. The van der Waals surface area contributed by atoms with Gasteiger partial charge in [0.25, 0.3) is 6.43 Å². The predicted octanol–water partition coefficient (Wildman–Crippen LogP) is 3.01. The lowest BCUT2D eigenvalue weighted by atomic mass is 9.87. The Hall–Kier alpha value is -1.49. The van der Waals surface area contributed by atoms with E-state index < -0.39 is 30.3 Å². The lowest BCUT2D eigenvalue weighted by molar-refractivity contribution is -0.144. The van der Waals surface area contributed by atoms with Gasteiger partial charge in [-0.05, 0) is 11.5 Å². The van der Waals surface area contributed by atoms with Crippen LogP contribution >= 0.6 is 0 Å². The van der Waals surface area contributed by atoms with Gasteiger partial charge in [-0.1, -0.05) is 38.1 Å². The Morgan fingerprint density at radius 1 is 1.11 bits per heavy atom. The summed E-state index contributed by atoms with van der Waals surface area (Å²) < 4.78 is 24.7. The van der Waals surface area contributed by atoms with Crippen LogP contribution in [0.2, 0.25) is 0 Å². The molecule has 0 fully saturated rings. The first-order valence-corrected chi connectivity index (χ1v) is 5.63. The van der Waals surface area contributed by atoms with E-state index in [0.717, 1.165) is 0 Å². The summed E-state index contributed by atoms with van der Waals surface area (Å²) >= 11 is 0. The molecule has 100 valence electrons. The smallest absolute Gasteiger partial charge is 0.306 e. The maximum absolute atomic E-state index is 12.4. The van der Waals surface area contributed by atoms with Gasteiger partial charge in [-0.15, -0.1) is 0 Å². The predicted molar refractivity (Wildman–Crippen MR) is 62.3 cm³/mol. The number of aliphatic hydroxyl groups excluding tert-OH is 1. The lowest BCUT2D eigenvalue weighted by Gasteiger charge is -2.22. The molecule has 1 aromatic carbocycles. The van der Waals surface area contributed by atoms with Crippen LogP contribution in [0.25, 0.3) is 0 Å². The maximum atomic E-state index is 12.4. The molecule has 1 rings (SSSR count). The summed E-state index contributed by atoms with van der Waals surface area (Å²) in [5.41, 5.74) is 0.324. The molecule has 1 aromatic rings. The highest BCUT2D eigenvalue weighted by molar-refractivity contribution is 5.69. The number of alkyl halides is 2. The zero-order valence-electron chi connectivity index (χ0n) is 10.2. The highest BCUT2D eigenvalue weighted by Crippen LogP contribution is 2.29. The summed E-state index contributed by atoms with van der Waals surface area (Å²) in [6.45, 7) is 3.12. The zero-order valence-corrected chi connectivity index (χ0v) is 10.2. The minimum Gasteiger partial charge on any atom is -0.481 e. The lowest BCUT2D eigenvalue weighted by Crippen LogP contribution is -2.23. The molecule has 3 nitrogen and oxygen atoms in total. The van der Waals surface area contributed by atoms with Crippen LogP contribution in [0.5, 0.6) is 0 Å². The number of halogens is 2. The van der Waals surface area contributed by atoms with Crippen molar-refractivity contribution in [3.8, 4) is 0 Å². The monoisotopic (exact) mass is 258 g/mol. The number of aliphatic hydroxyl groups is 1. The SMILES string of the molecule is CC(C(=O)O)C(C)C(O)c1ccc(C(F)F)cc1. The fourth-order valence-corrected chi connectivity index (χ4v) is 1.64. The van der Waals surface area contributed by atoms with Crippen molar-refractivity contribution in [2.24, 2.45) is 11.8 Å². The Morgan fingerprint density at radius 2 is 1.56 bits per heavy atom. The molecule has 0 saturated carbocycles. The molecule has 3 atom stereocenters. The molecule has 5 heteroatoms. The van der Waals surface area contributed by atoms with Crippen molar-refractivity contribution in [3.05, 3.63) is 35.4 Å². The van der Waals surface area contributed by atoms with Gasteiger partial charge in [0.15, 0.2) is 0 Å². The fraction of sp³-hybridized carbons (Fsp3) is 0.462. The quantitative estimate of drug-likeness (QED) is 0.853. The van der Waals surface area contributed by atoms with E-state index in [9.17, 15) is 18.7 Å². The second-order valence-corrected chi connectivity index (χ2v) is 4.40. The minimum atomic E-state index is -2.55. The van der Waals surface area contributed by atoms with Gasteiger partial charge in [-0.25, -0.2) is 8.78 Å². The molecular weight excluding hydrogens is 242 g/mol. The Labute approximate surface area is 104 Å². The molecule has 0 radical (unpaired) electrons. The molecule has 0 aliphatic heterocycles. The van der Waals surface area contributed by atoms with Gasteiger partial charge in [0, 0.05) is 5.56 Å². The van der Waals surface area contributed by atoms with E-state index in [0.29, 0.717) is 5.56 Å². The largest absolute Gasteiger partial charge is 0.481 e. The van der Waals surface area contributed by atoms with Crippen LogP contribution in [0.1, 0.15) is 37.5 Å². The van der Waals surface area contributed by atoms with Gasteiger partial charge in [0.05, 0.1) is 12.0 Å². The third-order valence-electron chi connectivity index (χ3n) is 3.21. The molecule has 0 spiro atoms. The van der Waals surface area contributed by atoms with E-state index in [-0.39, 0.29) is 5.56 Å². The van der Waals surface area contributed by atoms with Gasteiger partial charge < -0.3 is 10.2 Å². The van der Waals surface area contributed by atoms with Crippen molar-refractivity contribution in [3.63, 3.8) is 0 Å². The van der Waals surface area contributed by atoms with E-state index >= 15 is 0 Å². The normalized spacial score (nSPS) is 16.3. The Bertz CT molecular complexity index is 403. The van der Waals surface area contributed by atoms with E-state index in [4.69, 9.17) is 5.11 Å². The molecule has 0 aliphatic carbocycles. The first-order valence-electron chi connectivity index (χ1n) is 5.63. The molecule has 0 heterocycles. The molecule has 0 aromatic heterocycles. The average molecular weight is 258 g/mol. The Morgan fingerprint density at radius 3 is 1.94 bits per heavy atom. The van der Waals surface area contributed by atoms with Crippen LogP contribution in [0, 0.1) is 11.8 Å². The summed E-state index contributed by atoms with van der Waals surface area (Å²) in [6, 6.07) is 5.28. The number of carboxylic acid groups (broad SMARTS) is 1. The number of carbonyl (C=O) groups is 1. The first kappa shape index (κ1) is 14.6. The fourth-order valence-electron chi connectivity index (χ4n) is 1.64. The number of aliphatic carboxylic acids is 1. The molecule has 0 aliphatic rings. The van der Waals surface area contributed by atoms with Crippen molar-refractivity contribution in [2.45, 2.75) is 26.4 Å². The van der Waals surface area contributed by atoms with Gasteiger partial charge in [-0.3, -0.25) is 4.79 Å². The second kappa shape index (κ2) is 5.91. The molecule has 0 bridgehead atoms. The maximum Gasteiger partial charge on any atom is 0.306 e. The van der Waals surface area contributed by atoms with E-state index in [1.807, 2.05) is 0 Å². The molecule has 0 amide bonds. The van der Waals surface area contributed by atoms with Crippen molar-refractivity contribution in [1.29, 1.82) is 0 Å². The van der Waals surface area contributed by atoms with Crippen LogP contribution in [-0.4, -0.2) is 16.2 Å². The van der Waals surface area contributed by atoms with E-state index in [1.165, 1.54) is 31.2 Å². The Balaban J connectivity index is 2.83.